The summed E-state index contributed by atoms with van der Waals surface area (Å²) in [5.74, 6) is 0.0636. The number of aromatic nitrogens is 2. The molecule has 1 atom stereocenters. The van der Waals surface area contributed by atoms with Gasteiger partial charge in [0.25, 0.3) is 0 Å². The summed E-state index contributed by atoms with van der Waals surface area (Å²) < 4.78 is 8.41. The van der Waals surface area contributed by atoms with Crippen LogP contribution in [-0.2, 0) is 16.1 Å². The number of carbonyl (C=O) groups excluding carboxylic acids is 1. The fourth-order valence-electron chi connectivity index (χ4n) is 1.95. The van der Waals surface area contributed by atoms with E-state index < -0.39 is 0 Å². The fourth-order valence-corrected chi connectivity index (χ4v) is 2.37. The lowest BCUT2D eigenvalue weighted by Gasteiger charge is -2.10. The van der Waals surface area contributed by atoms with Gasteiger partial charge < -0.3 is 10.1 Å². The van der Waals surface area contributed by atoms with E-state index >= 15 is 0 Å². The molecule has 0 aliphatic carbocycles. The van der Waals surface area contributed by atoms with Crippen molar-refractivity contribution in [2.75, 3.05) is 13.2 Å². The van der Waals surface area contributed by atoms with Gasteiger partial charge >= 0.3 is 0 Å². The summed E-state index contributed by atoms with van der Waals surface area (Å²) in [6, 6.07) is 0. The molecule has 18 heavy (non-hydrogen) atoms. The molecule has 0 spiro atoms. The van der Waals surface area contributed by atoms with E-state index in [1.165, 1.54) is 0 Å². The number of amides is 1. The third kappa shape index (κ3) is 3.94. The zero-order valence-electron chi connectivity index (χ0n) is 10.5. The third-order valence-corrected chi connectivity index (χ3v) is 4.06. The second-order valence-corrected chi connectivity index (χ2v) is 5.68. The van der Waals surface area contributed by atoms with Crippen molar-refractivity contribution in [2.24, 2.45) is 0 Å². The predicted octanol–water partition coefficient (Wildman–Crippen LogP) is 1.48. The minimum atomic E-state index is 0.0636. The van der Waals surface area contributed by atoms with Gasteiger partial charge in [0, 0.05) is 32.3 Å². The molecule has 1 aromatic heterocycles. The van der Waals surface area contributed by atoms with Crippen LogP contribution in [0.1, 0.15) is 25.0 Å². The van der Waals surface area contributed by atoms with Gasteiger partial charge in [-0.15, -0.1) is 0 Å². The quantitative estimate of drug-likeness (QED) is 0.807. The Morgan fingerprint density at radius 3 is 3.17 bits per heavy atom. The lowest BCUT2D eigenvalue weighted by molar-refractivity contribution is -0.121. The Morgan fingerprint density at radius 2 is 2.56 bits per heavy atom. The molecule has 0 radical (unpaired) electrons. The molecule has 1 amide bonds. The molecule has 1 N–H and O–H groups in total. The van der Waals surface area contributed by atoms with Gasteiger partial charge in [-0.25, -0.2) is 0 Å². The van der Waals surface area contributed by atoms with E-state index in [2.05, 4.69) is 33.0 Å². The number of ether oxygens (including phenoxy) is 1. The number of hydrogen-bond donors (Lipinski definition) is 1. The monoisotopic (exact) mass is 363 g/mol. The molecule has 1 aliphatic heterocycles. The Bertz CT molecular complexity index is 394. The molecule has 1 aromatic rings. The van der Waals surface area contributed by atoms with E-state index in [1.54, 1.807) is 0 Å². The van der Waals surface area contributed by atoms with E-state index in [0.717, 1.165) is 28.7 Å². The molecule has 1 saturated heterocycles. The number of nitrogens with zero attached hydrogens (tertiary/aromatic N) is 2. The average molecular weight is 363 g/mol. The molecule has 100 valence electrons. The maximum Gasteiger partial charge on any atom is 0.221 e. The maximum absolute atomic E-state index is 11.7. The summed E-state index contributed by atoms with van der Waals surface area (Å²) >= 11 is 2.24. The first-order valence-electron chi connectivity index (χ1n) is 6.23. The molecule has 0 bridgehead atoms. The second kappa shape index (κ2) is 6.51. The van der Waals surface area contributed by atoms with Crippen molar-refractivity contribution >= 4 is 28.5 Å². The van der Waals surface area contributed by atoms with Crippen LogP contribution in [-0.4, -0.2) is 34.9 Å². The normalized spacial score (nSPS) is 19.1. The molecule has 1 aliphatic rings. The van der Waals surface area contributed by atoms with Gasteiger partial charge in [-0.3, -0.25) is 9.48 Å². The maximum atomic E-state index is 11.7. The van der Waals surface area contributed by atoms with Crippen LogP contribution < -0.4 is 5.32 Å². The molecule has 2 heterocycles. The van der Waals surface area contributed by atoms with E-state index in [9.17, 15) is 4.79 Å². The Morgan fingerprint density at radius 1 is 1.72 bits per heavy atom. The first-order valence-corrected chi connectivity index (χ1v) is 7.31. The van der Waals surface area contributed by atoms with E-state index in [1.807, 2.05) is 17.8 Å². The topological polar surface area (TPSA) is 56.2 Å². The number of halogens is 1. The third-order valence-electron chi connectivity index (χ3n) is 3.01. The molecular formula is C12H18IN3O2. The minimum absolute atomic E-state index is 0.0636. The Balaban J connectivity index is 1.67. The predicted molar refractivity (Wildman–Crippen MR) is 76.3 cm³/mol. The number of hydrogen-bond acceptors (Lipinski definition) is 3. The van der Waals surface area contributed by atoms with Crippen molar-refractivity contribution < 1.29 is 9.53 Å². The van der Waals surface area contributed by atoms with Crippen LogP contribution in [0.4, 0.5) is 0 Å². The van der Waals surface area contributed by atoms with Crippen molar-refractivity contribution in [3.63, 3.8) is 0 Å². The smallest absolute Gasteiger partial charge is 0.221 e. The van der Waals surface area contributed by atoms with Gasteiger partial charge in [-0.1, -0.05) is 0 Å². The molecule has 0 saturated carbocycles. The minimum Gasteiger partial charge on any atom is -0.376 e. The number of nitrogens with one attached hydrogen (secondary N) is 1. The van der Waals surface area contributed by atoms with Crippen LogP contribution in [0.2, 0.25) is 0 Å². The highest BCUT2D eigenvalue weighted by Crippen LogP contribution is 2.11. The summed E-state index contributed by atoms with van der Waals surface area (Å²) in [6.07, 6.45) is 4.79. The van der Waals surface area contributed by atoms with Crippen LogP contribution in [0.3, 0.4) is 0 Å². The zero-order chi connectivity index (χ0) is 13.0. The highest BCUT2D eigenvalue weighted by Gasteiger charge is 2.16. The SMILES string of the molecule is Cc1nn(CCC(=O)NCC2CCCO2)cc1I. The number of aryl methyl sites for hydroxylation is 2. The number of carbonyl (C=O) groups is 1. The molecule has 6 heteroatoms. The van der Waals surface area contributed by atoms with Crippen LogP contribution in [0.15, 0.2) is 6.20 Å². The molecule has 1 unspecified atom stereocenters. The van der Waals surface area contributed by atoms with Crippen molar-refractivity contribution in [1.29, 1.82) is 0 Å². The van der Waals surface area contributed by atoms with E-state index in [-0.39, 0.29) is 12.0 Å². The molecule has 2 rings (SSSR count). The Labute approximate surface area is 120 Å². The summed E-state index contributed by atoms with van der Waals surface area (Å²) in [6.45, 7) is 4.05. The van der Waals surface area contributed by atoms with Gasteiger partial charge in [-0.2, -0.15) is 5.10 Å². The fraction of sp³-hybridized carbons (Fsp3) is 0.667. The van der Waals surface area contributed by atoms with Gasteiger partial charge in [0.1, 0.15) is 0 Å². The average Bonchev–Trinajstić information content (AvgIpc) is 2.95. The van der Waals surface area contributed by atoms with Crippen molar-refractivity contribution in [1.82, 2.24) is 15.1 Å². The summed E-state index contributed by atoms with van der Waals surface area (Å²) in [4.78, 5) is 11.7. The van der Waals surface area contributed by atoms with E-state index in [0.29, 0.717) is 19.5 Å². The largest absolute Gasteiger partial charge is 0.376 e. The molecular weight excluding hydrogens is 345 g/mol. The van der Waals surface area contributed by atoms with Crippen molar-refractivity contribution in [2.45, 2.75) is 38.8 Å². The lowest BCUT2D eigenvalue weighted by atomic mass is 10.2. The molecule has 5 nitrogen and oxygen atoms in total. The summed E-state index contributed by atoms with van der Waals surface area (Å²) in [7, 11) is 0. The highest BCUT2D eigenvalue weighted by atomic mass is 127. The standard InChI is InChI=1S/C12H18IN3O2/c1-9-11(13)8-16(15-9)5-4-12(17)14-7-10-3-2-6-18-10/h8,10H,2-7H2,1H3,(H,14,17). The molecule has 0 aromatic carbocycles. The van der Waals surface area contributed by atoms with Crippen LogP contribution in [0.5, 0.6) is 0 Å². The number of rotatable bonds is 5. The summed E-state index contributed by atoms with van der Waals surface area (Å²) in [5, 5.41) is 7.23. The highest BCUT2D eigenvalue weighted by molar-refractivity contribution is 14.1. The Kier molecular flexibility index (Phi) is 4.99. The van der Waals surface area contributed by atoms with Crippen molar-refractivity contribution in [3.05, 3.63) is 15.5 Å². The van der Waals surface area contributed by atoms with Gasteiger partial charge in [0.2, 0.25) is 5.91 Å². The Hall–Kier alpha value is -0.630. The molecule has 1 fully saturated rings. The first-order chi connectivity index (χ1) is 8.65. The van der Waals surface area contributed by atoms with Gasteiger partial charge in [0.15, 0.2) is 0 Å². The van der Waals surface area contributed by atoms with Crippen LogP contribution in [0, 0.1) is 10.5 Å². The second-order valence-electron chi connectivity index (χ2n) is 4.51. The van der Waals surface area contributed by atoms with Gasteiger partial charge in [0.05, 0.1) is 15.4 Å². The van der Waals surface area contributed by atoms with E-state index in [4.69, 9.17) is 4.74 Å². The zero-order valence-corrected chi connectivity index (χ0v) is 12.6. The van der Waals surface area contributed by atoms with Crippen LogP contribution >= 0.6 is 22.6 Å². The van der Waals surface area contributed by atoms with Crippen LogP contribution in [0.25, 0.3) is 0 Å². The van der Waals surface area contributed by atoms with Gasteiger partial charge in [-0.05, 0) is 42.4 Å². The summed E-state index contributed by atoms with van der Waals surface area (Å²) in [5.41, 5.74) is 1.01. The lowest BCUT2D eigenvalue weighted by Crippen LogP contribution is -2.32. The first kappa shape index (κ1) is 13.8. The van der Waals surface area contributed by atoms with Crippen molar-refractivity contribution in [3.8, 4) is 0 Å².